The zero-order valence-corrected chi connectivity index (χ0v) is 17.7. The largest absolute Gasteiger partial charge is 0.357 e. The minimum absolute atomic E-state index is 0. The summed E-state index contributed by atoms with van der Waals surface area (Å²) in [6, 6.07) is 10.5. The highest BCUT2D eigenvalue weighted by Gasteiger charge is 2.05. The summed E-state index contributed by atoms with van der Waals surface area (Å²) < 4.78 is 0. The maximum absolute atomic E-state index is 4.72. The van der Waals surface area contributed by atoms with E-state index in [0.29, 0.717) is 5.92 Å². The second-order valence-corrected chi connectivity index (χ2v) is 6.08. The highest BCUT2D eigenvalue weighted by Crippen LogP contribution is 2.14. The first kappa shape index (κ1) is 21.5. The van der Waals surface area contributed by atoms with Gasteiger partial charge in [-0.3, -0.25) is 10.1 Å². The third kappa shape index (κ3) is 7.46. The maximum atomic E-state index is 4.72. The van der Waals surface area contributed by atoms with Gasteiger partial charge in [-0.1, -0.05) is 37.3 Å². The van der Waals surface area contributed by atoms with Crippen molar-refractivity contribution in [1.82, 2.24) is 20.8 Å². The Bertz CT molecular complexity index is 624. The molecule has 3 N–H and O–H groups in total. The van der Waals surface area contributed by atoms with Gasteiger partial charge in [0.2, 0.25) is 0 Å². The molecule has 25 heavy (non-hydrogen) atoms. The number of H-pyrrole nitrogens is 1. The number of hydrogen-bond donors (Lipinski definition) is 3. The molecule has 0 aliphatic carbocycles. The summed E-state index contributed by atoms with van der Waals surface area (Å²) in [4.78, 5) is 4.72. The van der Waals surface area contributed by atoms with Crippen LogP contribution in [0.4, 0.5) is 0 Å². The van der Waals surface area contributed by atoms with Crippen molar-refractivity contribution in [3.8, 4) is 0 Å². The Morgan fingerprint density at radius 1 is 1.24 bits per heavy atom. The van der Waals surface area contributed by atoms with Gasteiger partial charge in [-0.25, -0.2) is 0 Å². The van der Waals surface area contributed by atoms with Crippen LogP contribution in [0, 0.1) is 6.92 Å². The van der Waals surface area contributed by atoms with Crippen molar-refractivity contribution in [2.75, 3.05) is 19.6 Å². The molecule has 0 bridgehead atoms. The van der Waals surface area contributed by atoms with Crippen LogP contribution in [0.1, 0.15) is 43.0 Å². The van der Waals surface area contributed by atoms with Crippen LogP contribution >= 0.6 is 24.0 Å². The highest BCUT2D eigenvalue weighted by molar-refractivity contribution is 14.0. The molecule has 0 saturated carbocycles. The summed E-state index contributed by atoms with van der Waals surface area (Å²) in [5.41, 5.74) is 3.77. The number of aliphatic imine (C=N–C) groups is 1. The minimum Gasteiger partial charge on any atom is -0.357 e. The van der Waals surface area contributed by atoms with E-state index in [-0.39, 0.29) is 24.0 Å². The Kier molecular flexibility index (Phi) is 10.2. The van der Waals surface area contributed by atoms with Crippen LogP contribution < -0.4 is 10.6 Å². The van der Waals surface area contributed by atoms with E-state index >= 15 is 0 Å². The van der Waals surface area contributed by atoms with E-state index < -0.39 is 0 Å². The van der Waals surface area contributed by atoms with E-state index in [2.05, 4.69) is 65.9 Å². The molecule has 0 aliphatic rings. The van der Waals surface area contributed by atoms with E-state index in [1.165, 1.54) is 11.1 Å². The number of hydrogen-bond acceptors (Lipinski definition) is 2. The first-order chi connectivity index (χ1) is 11.7. The van der Waals surface area contributed by atoms with E-state index in [4.69, 9.17) is 4.99 Å². The molecule has 0 fully saturated rings. The number of guanidine groups is 1. The molecule has 0 amide bonds. The van der Waals surface area contributed by atoms with Gasteiger partial charge in [0.25, 0.3) is 0 Å². The molecule has 0 radical (unpaired) electrons. The molecule has 5 nitrogen and oxygen atoms in total. The Balaban J connectivity index is 0.00000312. The van der Waals surface area contributed by atoms with Crippen molar-refractivity contribution in [1.29, 1.82) is 0 Å². The van der Waals surface area contributed by atoms with E-state index in [9.17, 15) is 0 Å². The van der Waals surface area contributed by atoms with Crippen molar-refractivity contribution >= 4 is 29.9 Å². The number of aromatic amines is 1. The molecule has 1 aromatic heterocycles. The number of halogens is 1. The molecule has 138 valence electrons. The van der Waals surface area contributed by atoms with Gasteiger partial charge < -0.3 is 10.6 Å². The summed E-state index contributed by atoms with van der Waals surface area (Å²) in [5.74, 6) is 1.31. The van der Waals surface area contributed by atoms with Crippen LogP contribution in [0.15, 0.2) is 41.5 Å². The molecular formula is C19H30IN5. The first-order valence-electron chi connectivity index (χ1n) is 8.76. The molecule has 1 unspecified atom stereocenters. The smallest absolute Gasteiger partial charge is 0.191 e. The van der Waals surface area contributed by atoms with Crippen LogP contribution in [0.5, 0.6) is 0 Å². The third-order valence-electron chi connectivity index (χ3n) is 4.09. The molecule has 6 heteroatoms. The van der Waals surface area contributed by atoms with E-state index in [1.54, 1.807) is 0 Å². The third-order valence-corrected chi connectivity index (χ3v) is 4.09. The summed E-state index contributed by atoms with van der Waals surface area (Å²) in [6.45, 7) is 8.91. The lowest BCUT2D eigenvalue weighted by molar-refractivity contribution is 0.723. The number of rotatable bonds is 8. The lowest BCUT2D eigenvalue weighted by Gasteiger charge is -2.13. The molecular weight excluding hydrogens is 425 g/mol. The number of aromatic nitrogens is 2. The van der Waals surface area contributed by atoms with Crippen molar-refractivity contribution in [3.63, 3.8) is 0 Å². The average Bonchev–Trinajstić information content (AvgIpc) is 3.02. The Labute approximate surface area is 168 Å². The minimum atomic E-state index is 0. The van der Waals surface area contributed by atoms with Gasteiger partial charge in [0, 0.05) is 31.2 Å². The second kappa shape index (κ2) is 11.9. The van der Waals surface area contributed by atoms with Crippen molar-refractivity contribution in [2.45, 2.75) is 39.5 Å². The highest BCUT2D eigenvalue weighted by atomic mass is 127. The molecule has 0 aliphatic heterocycles. The quantitative estimate of drug-likeness (QED) is 0.247. The fraction of sp³-hybridized carbons (Fsp3) is 0.474. The van der Waals surface area contributed by atoms with Crippen LogP contribution in [-0.2, 0) is 6.42 Å². The molecule has 1 atom stereocenters. The van der Waals surface area contributed by atoms with E-state index in [0.717, 1.165) is 44.1 Å². The summed E-state index contributed by atoms with van der Waals surface area (Å²) >= 11 is 0. The Morgan fingerprint density at radius 3 is 2.64 bits per heavy atom. The summed E-state index contributed by atoms with van der Waals surface area (Å²) in [7, 11) is 0. The maximum Gasteiger partial charge on any atom is 0.191 e. The molecule has 2 aromatic rings. The second-order valence-electron chi connectivity index (χ2n) is 6.08. The van der Waals surface area contributed by atoms with Gasteiger partial charge in [0.1, 0.15) is 0 Å². The van der Waals surface area contributed by atoms with Gasteiger partial charge in [-0.15, -0.1) is 24.0 Å². The van der Waals surface area contributed by atoms with Gasteiger partial charge in [-0.2, -0.15) is 5.10 Å². The topological polar surface area (TPSA) is 65.1 Å². The fourth-order valence-electron chi connectivity index (χ4n) is 2.57. The van der Waals surface area contributed by atoms with Crippen LogP contribution in [0.3, 0.4) is 0 Å². The molecule has 1 aromatic carbocycles. The molecule has 1 heterocycles. The number of nitrogens with zero attached hydrogens (tertiary/aromatic N) is 2. The monoisotopic (exact) mass is 455 g/mol. The van der Waals surface area contributed by atoms with Crippen LogP contribution in [-0.4, -0.2) is 35.8 Å². The standard InChI is InChI=1S/C19H29N5.HI/c1-4-20-19(21-12-8-11-18-14-23-24-16(18)3)22-13-15(2)17-9-6-5-7-10-17;/h5-7,9-10,14-15H,4,8,11-13H2,1-3H3,(H,23,24)(H2,20,21,22);1H. The van der Waals surface area contributed by atoms with Gasteiger partial charge in [0.15, 0.2) is 5.96 Å². The van der Waals surface area contributed by atoms with Crippen molar-refractivity contribution in [3.05, 3.63) is 53.3 Å². The van der Waals surface area contributed by atoms with E-state index in [1.807, 2.05) is 12.3 Å². The van der Waals surface area contributed by atoms with Crippen molar-refractivity contribution < 1.29 is 0 Å². The van der Waals surface area contributed by atoms with Gasteiger partial charge in [-0.05, 0) is 37.8 Å². The van der Waals surface area contributed by atoms with Crippen molar-refractivity contribution in [2.24, 2.45) is 4.99 Å². The average molecular weight is 455 g/mol. The normalized spacial score (nSPS) is 12.4. The number of benzene rings is 1. The summed E-state index contributed by atoms with van der Waals surface area (Å²) in [5, 5.41) is 13.8. The molecule has 2 rings (SSSR count). The lowest BCUT2D eigenvalue weighted by atomic mass is 10.0. The number of aryl methyl sites for hydroxylation is 2. The Hall–Kier alpha value is -1.57. The molecule has 0 saturated heterocycles. The summed E-state index contributed by atoms with van der Waals surface area (Å²) in [6.07, 6.45) is 3.99. The SMILES string of the molecule is CCNC(=NCC(C)c1ccccc1)NCCCc1cn[nH]c1C.I. The zero-order valence-electron chi connectivity index (χ0n) is 15.4. The fourth-order valence-corrected chi connectivity index (χ4v) is 2.57. The number of nitrogens with one attached hydrogen (secondary N) is 3. The lowest BCUT2D eigenvalue weighted by Crippen LogP contribution is -2.38. The van der Waals surface area contributed by atoms with Crippen LogP contribution in [0.25, 0.3) is 0 Å². The van der Waals surface area contributed by atoms with Crippen LogP contribution in [0.2, 0.25) is 0 Å². The zero-order chi connectivity index (χ0) is 17.2. The predicted octanol–water partition coefficient (Wildman–Crippen LogP) is 3.63. The predicted molar refractivity (Wildman–Crippen MR) is 116 cm³/mol. The van der Waals surface area contributed by atoms with Gasteiger partial charge in [0.05, 0.1) is 6.20 Å². The van der Waals surface area contributed by atoms with Gasteiger partial charge >= 0.3 is 0 Å². The Morgan fingerprint density at radius 2 is 2.00 bits per heavy atom. The first-order valence-corrected chi connectivity index (χ1v) is 8.76. The molecule has 0 spiro atoms.